The van der Waals surface area contributed by atoms with Crippen LogP contribution in [0.15, 0.2) is 0 Å². The molecule has 0 saturated carbocycles. The number of carboxylic acid groups (broad SMARTS) is 4. The van der Waals surface area contributed by atoms with Crippen molar-refractivity contribution in [1.82, 2.24) is 0 Å². The summed E-state index contributed by atoms with van der Waals surface area (Å²) < 4.78 is 0. The van der Waals surface area contributed by atoms with Gasteiger partial charge in [-0.15, -0.1) is 0 Å². The minimum Gasteiger partial charge on any atom is -0.450 e. The van der Waals surface area contributed by atoms with Gasteiger partial charge in [0.1, 0.15) is 0 Å². The third-order valence-electron chi connectivity index (χ3n) is 0. The maximum atomic E-state index is 8.56. The Morgan fingerprint density at radius 2 is 0.800 bits per heavy atom. The molecule has 0 fully saturated rings. The predicted octanol–water partition coefficient (Wildman–Crippen LogP) is 0.442. The van der Waals surface area contributed by atoms with Gasteiger partial charge in [-0.1, -0.05) is 0 Å². The van der Waals surface area contributed by atoms with Crippen molar-refractivity contribution in [3.63, 3.8) is 0 Å². The first-order chi connectivity index (χ1) is 3.46. The fraction of sp³-hybridized carbons (Fsp3) is 0. The van der Waals surface area contributed by atoms with E-state index in [1.54, 1.807) is 0 Å². The summed E-state index contributed by atoms with van der Waals surface area (Å²) in [7, 11) is 0. The summed E-state index contributed by atoms with van der Waals surface area (Å²) in [6.07, 6.45) is -3.67. The van der Waals surface area contributed by atoms with E-state index in [4.69, 9.17) is 30.0 Å². The van der Waals surface area contributed by atoms with Crippen molar-refractivity contribution in [2.24, 2.45) is 0 Å². The van der Waals surface area contributed by atoms with Crippen LogP contribution in [0.3, 0.4) is 0 Å². The smallest absolute Gasteiger partial charge is 0.450 e. The zero-order chi connectivity index (χ0) is 7.15. The Balaban J connectivity index is -0.0000000300. The molecule has 4 N–H and O–H groups in total. The average molecular weight is 323 g/mol. The topological polar surface area (TPSA) is 115 Å². The minimum absolute atomic E-state index is 0. The van der Waals surface area contributed by atoms with Gasteiger partial charge in [0.15, 0.2) is 0 Å². The summed E-state index contributed by atoms with van der Waals surface area (Å²) in [4.78, 5) is 17.1. The molecule has 61 valence electrons. The molecular weight excluding hydrogens is 319 g/mol. The summed E-state index contributed by atoms with van der Waals surface area (Å²) in [5.41, 5.74) is 0. The molecular formula is C2H4CeCoO6. The summed E-state index contributed by atoms with van der Waals surface area (Å²) in [5.74, 6) is 0. The molecule has 0 aromatic carbocycles. The number of carbonyl (C=O) groups is 2. The number of rotatable bonds is 0. The Labute approximate surface area is 99.8 Å². The standard InChI is InChI=1S/2CH2O3.Ce.Co/c2*2-1(3)4;;/h2*(H2,2,3,4);;. The first kappa shape index (κ1) is 22.4. The van der Waals surface area contributed by atoms with Crippen LogP contribution in [0.5, 0.6) is 0 Å². The molecule has 0 rings (SSSR count). The first-order valence-electron chi connectivity index (χ1n) is 1.30. The Bertz CT molecular complexity index is 73.7. The van der Waals surface area contributed by atoms with Crippen LogP contribution < -0.4 is 0 Å². The maximum absolute atomic E-state index is 8.56. The maximum Gasteiger partial charge on any atom is 0.503 e. The third kappa shape index (κ3) is 2590. The minimum atomic E-state index is -1.83. The summed E-state index contributed by atoms with van der Waals surface area (Å²) in [6.45, 7) is 0. The molecule has 0 aromatic heterocycles. The molecule has 0 amide bonds. The molecule has 6 nitrogen and oxygen atoms in total. The molecule has 0 bridgehead atoms. The Morgan fingerprint density at radius 3 is 0.800 bits per heavy atom. The van der Waals surface area contributed by atoms with Crippen molar-refractivity contribution in [1.29, 1.82) is 0 Å². The SMILES string of the molecule is O=C(O)O.O=C(O)O.[Ce].[Co]. The zero-order valence-corrected chi connectivity index (χ0v) is 8.62. The van der Waals surface area contributed by atoms with Crippen LogP contribution in [0.25, 0.3) is 0 Å². The molecule has 0 saturated heterocycles. The molecule has 0 aliphatic rings. The first-order valence-corrected chi connectivity index (χ1v) is 1.30. The number of hydrogen-bond acceptors (Lipinski definition) is 2. The van der Waals surface area contributed by atoms with Gasteiger partial charge >= 0.3 is 12.3 Å². The molecule has 0 atom stereocenters. The van der Waals surface area contributed by atoms with Crippen molar-refractivity contribution in [2.75, 3.05) is 0 Å². The van der Waals surface area contributed by atoms with E-state index in [9.17, 15) is 0 Å². The molecule has 0 aliphatic carbocycles. The normalized spacial score (nSPS) is 4.80. The van der Waals surface area contributed by atoms with Crippen molar-refractivity contribution < 1.29 is 88.5 Å². The van der Waals surface area contributed by atoms with Crippen molar-refractivity contribution in [3.05, 3.63) is 0 Å². The molecule has 8 heteroatoms. The molecule has 0 heterocycles. The van der Waals surface area contributed by atoms with Gasteiger partial charge in [-0.25, -0.2) is 9.59 Å². The summed E-state index contributed by atoms with van der Waals surface area (Å²) >= 11 is 0. The van der Waals surface area contributed by atoms with E-state index in [0.29, 0.717) is 0 Å². The largest absolute Gasteiger partial charge is 0.503 e. The van der Waals surface area contributed by atoms with Gasteiger partial charge in [0.25, 0.3) is 0 Å². The van der Waals surface area contributed by atoms with Gasteiger partial charge < -0.3 is 20.4 Å². The van der Waals surface area contributed by atoms with Gasteiger partial charge in [0.2, 0.25) is 0 Å². The molecule has 0 spiro atoms. The molecule has 0 unspecified atom stereocenters. The van der Waals surface area contributed by atoms with E-state index in [2.05, 4.69) is 0 Å². The van der Waals surface area contributed by atoms with Gasteiger partial charge in [0.05, 0.1) is 0 Å². The fourth-order valence-corrected chi connectivity index (χ4v) is 0. The van der Waals surface area contributed by atoms with Gasteiger partial charge in [-0.2, -0.15) is 0 Å². The van der Waals surface area contributed by atoms with Crippen LogP contribution in [-0.4, -0.2) is 32.7 Å². The van der Waals surface area contributed by atoms with Gasteiger partial charge in [0, 0.05) is 58.5 Å². The van der Waals surface area contributed by atoms with Crippen LogP contribution in [0.2, 0.25) is 0 Å². The Morgan fingerprint density at radius 1 is 0.800 bits per heavy atom. The Hall–Kier alpha value is 0.423. The van der Waals surface area contributed by atoms with Crippen LogP contribution >= 0.6 is 0 Å². The van der Waals surface area contributed by atoms with E-state index < -0.39 is 12.3 Å². The zero-order valence-electron chi connectivity index (χ0n) is 4.44. The van der Waals surface area contributed by atoms with Crippen molar-refractivity contribution >= 4 is 12.3 Å². The average Bonchev–Trinajstić information content (AvgIpc) is 1.25. The Kier molecular flexibility index (Phi) is 36.4. The van der Waals surface area contributed by atoms with E-state index in [0.717, 1.165) is 0 Å². The quantitative estimate of drug-likeness (QED) is 0.514. The van der Waals surface area contributed by atoms with Crippen molar-refractivity contribution in [2.45, 2.75) is 0 Å². The number of hydrogen-bond donors (Lipinski definition) is 4. The fourth-order valence-electron chi connectivity index (χ4n) is 0. The van der Waals surface area contributed by atoms with E-state index in [-0.39, 0.29) is 58.5 Å². The second-order valence-corrected chi connectivity index (χ2v) is 0.565. The molecule has 1 radical (unpaired) electrons. The van der Waals surface area contributed by atoms with Crippen LogP contribution in [-0.2, 0) is 16.8 Å². The van der Waals surface area contributed by atoms with E-state index in [1.165, 1.54) is 0 Å². The summed E-state index contributed by atoms with van der Waals surface area (Å²) in [5, 5.41) is 27.9. The second-order valence-electron chi connectivity index (χ2n) is 0.565. The van der Waals surface area contributed by atoms with Crippen molar-refractivity contribution in [3.8, 4) is 0 Å². The third-order valence-corrected chi connectivity index (χ3v) is 0. The monoisotopic (exact) mass is 323 g/mol. The predicted molar refractivity (Wildman–Crippen MR) is 21.3 cm³/mol. The van der Waals surface area contributed by atoms with E-state index in [1.807, 2.05) is 0 Å². The van der Waals surface area contributed by atoms with Crippen LogP contribution in [0.4, 0.5) is 9.59 Å². The van der Waals surface area contributed by atoms with E-state index >= 15 is 0 Å². The molecule has 10 heavy (non-hydrogen) atoms. The molecule has 0 aliphatic heterocycles. The second kappa shape index (κ2) is 16.2. The van der Waals surface area contributed by atoms with Gasteiger partial charge in [-0.3, -0.25) is 0 Å². The van der Waals surface area contributed by atoms with Crippen LogP contribution in [0, 0.1) is 41.7 Å². The molecule has 0 aromatic rings. The van der Waals surface area contributed by atoms with Gasteiger partial charge in [-0.05, 0) is 0 Å². The summed E-state index contributed by atoms with van der Waals surface area (Å²) in [6, 6.07) is 0. The van der Waals surface area contributed by atoms with Crippen LogP contribution in [0.1, 0.15) is 0 Å².